The average molecular weight is 192 g/mol. The van der Waals surface area contributed by atoms with E-state index >= 15 is 0 Å². The largest absolute Gasteiger partial charge is 0.296 e. The van der Waals surface area contributed by atoms with Gasteiger partial charge in [-0.2, -0.15) is 5.26 Å². The van der Waals surface area contributed by atoms with Crippen LogP contribution >= 0.6 is 0 Å². The van der Waals surface area contributed by atoms with E-state index in [1.807, 2.05) is 6.08 Å². The molecule has 0 spiro atoms. The minimum absolute atomic E-state index is 0.239. The summed E-state index contributed by atoms with van der Waals surface area (Å²) in [7, 11) is 2.12. The lowest BCUT2D eigenvalue weighted by molar-refractivity contribution is 0.162. The summed E-state index contributed by atoms with van der Waals surface area (Å²) in [5.41, 5.74) is 0. The fourth-order valence-corrected chi connectivity index (χ4v) is 2.25. The van der Waals surface area contributed by atoms with Crippen molar-refractivity contribution in [2.24, 2.45) is 0 Å². The molecule has 0 aliphatic heterocycles. The van der Waals surface area contributed by atoms with Gasteiger partial charge in [-0.1, -0.05) is 25.3 Å². The van der Waals surface area contributed by atoms with Crippen molar-refractivity contribution in [3.63, 3.8) is 0 Å². The van der Waals surface area contributed by atoms with Crippen LogP contribution in [0.2, 0.25) is 0 Å². The molecular weight excluding hydrogens is 172 g/mol. The van der Waals surface area contributed by atoms with E-state index in [1.54, 1.807) is 0 Å². The molecular formula is C12H20N2. The van der Waals surface area contributed by atoms with Crippen LogP contribution in [0.4, 0.5) is 0 Å². The van der Waals surface area contributed by atoms with Crippen molar-refractivity contribution in [1.82, 2.24) is 4.90 Å². The Morgan fingerprint density at radius 2 is 2.14 bits per heavy atom. The zero-order chi connectivity index (χ0) is 10.4. The Bertz CT molecular complexity index is 211. The maximum absolute atomic E-state index is 8.69. The van der Waals surface area contributed by atoms with Gasteiger partial charge in [-0.3, -0.25) is 4.90 Å². The van der Waals surface area contributed by atoms with Gasteiger partial charge in [0.05, 0.1) is 12.5 Å². The molecule has 0 N–H and O–H groups in total. The van der Waals surface area contributed by atoms with Gasteiger partial charge in [0.1, 0.15) is 0 Å². The lowest BCUT2D eigenvalue weighted by Crippen LogP contribution is -2.40. The van der Waals surface area contributed by atoms with Crippen LogP contribution in [-0.4, -0.2) is 24.0 Å². The Balaban J connectivity index is 2.47. The third kappa shape index (κ3) is 2.85. The summed E-state index contributed by atoms with van der Waals surface area (Å²) in [6.07, 6.45) is 9.09. The van der Waals surface area contributed by atoms with E-state index in [9.17, 15) is 0 Å². The average Bonchev–Trinajstić information content (AvgIpc) is 2.26. The highest BCUT2D eigenvalue weighted by Gasteiger charge is 2.22. The number of nitriles is 1. The summed E-state index contributed by atoms with van der Waals surface area (Å²) in [4.78, 5) is 2.33. The highest BCUT2D eigenvalue weighted by atomic mass is 15.2. The fourth-order valence-electron chi connectivity index (χ4n) is 2.25. The van der Waals surface area contributed by atoms with E-state index in [0.29, 0.717) is 12.5 Å². The smallest absolute Gasteiger partial charge is 0.0641 e. The van der Waals surface area contributed by atoms with E-state index in [4.69, 9.17) is 5.26 Å². The van der Waals surface area contributed by atoms with Crippen LogP contribution in [0.25, 0.3) is 0 Å². The maximum atomic E-state index is 8.69. The highest BCUT2D eigenvalue weighted by Crippen LogP contribution is 2.23. The molecule has 0 heterocycles. The zero-order valence-corrected chi connectivity index (χ0v) is 9.08. The normalized spacial score (nSPS) is 20.4. The molecule has 1 atom stereocenters. The Labute approximate surface area is 87.2 Å². The molecule has 0 bridgehead atoms. The molecule has 1 aliphatic rings. The van der Waals surface area contributed by atoms with Gasteiger partial charge in [0.25, 0.3) is 0 Å². The van der Waals surface area contributed by atoms with Gasteiger partial charge in [0, 0.05) is 12.1 Å². The van der Waals surface area contributed by atoms with Crippen LogP contribution in [0.5, 0.6) is 0 Å². The molecule has 0 aromatic heterocycles. The van der Waals surface area contributed by atoms with Crippen LogP contribution < -0.4 is 0 Å². The molecule has 2 nitrogen and oxygen atoms in total. The maximum Gasteiger partial charge on any atom is 0.0641 e. The van der Waals surface area contributed by atoms with Crippen molar-refractivity contribution in [3.05, 3.63) is 12.7 Å². The summed E-state index contributed by atoms with van der Waals surface area (Å²) in [5.74, 6) is 0. The molecule has 1 unspecified atom stereocenters. The quantitative estimate of drug-likeness (QED) is 0.640. The van der Waals surface area contributed by atoms with Gasteiger partial charge in [-0.15, -0.1) is 6.58 Å². The standard InChI is InChI=1S/C12H20N2/c1-3-11(9-10-13)14(2)12-7-5-4-6-8-12/h3,11-12H,1,4-9H2,2H3. The van der Waals surface area contributed by atoms with Gasteiger partial charge in [-0.25, -0.2) is 0 Å². The SMILES string of the molecule is C=CC(CC#N)N(C)C1CCCCC1. The predicted molar refractivity (Wildman–Crippen MR) is 58.9 cm³/mol. The third-order valence-corrected chi connectivity index (χ3v) is 3.25. The van der Waals surface area contributed by atoms with Crippen LogP contribution in [0.15, 0.2) is 12.7 Å². The van der Waals surface area contributed by atoms with Crippen molar-refractivity contribution in [2.45, 2.75) is 50.6 Å². The molecule has 0 aromatic carbocycles. The lowest BCUT2D eigenvalue weighted by atomic mass is 9.93. The fraction of sp³-hybridized carbons (Fsp3) is 0.750. The molecule has 0 aromatic rings. The number of hydrogen-bond donors (Lipinski definition) is 0. The van der Waals surface area contributed by atoms with E-state index < -0.39 is 0 Å². The summed E-state index contributed by atoms with van der Waals surface area (Å²) in [6.45, 7) is 3.80. The van der Waals surface area contributed by atoms with Gasteiger partial charge in [0.15, 0.2) is 0 Å². The number of likely N-dealkylation sites (N-methyl/N-ethyl adjacent to an activating group) is 1. The first kappa shape index (κ1) is 11.3. The first-order chi connectivity index (χ1) is 6.79. The van der Waals surface area contributed by atoms with Gasteiger partial charge < -0.3 is 0 Å². The van der Waals surface area contributed by atoms with Crippen molar-refractivity contribution >= 4 is 0 Å². The predicted octanol–water partition coefficient (Wildman–Crippen LogP) is 2.72. The summed E-state index contributed by atoms with van der Waals surface area (Å²) in [5, 5.41) is 8.69. The van der Waals surface area contributed by atoms with Crippen LogP contribution in [0.3, 0.4) is 0 Å². The molecule has 0 amide bonds. The first-order valence-corrected chi connectivity index (χ1v) is 5.51. The molecule has 1 aliphatic carbocycles. The Morgan fingerprint density at radius 1 is 1.50 bits per heavy atom. The summed E-state index contributed by atoms with van der Waals surface area (Å²) < 4.78 is 0. The second-order valence-corrected chi connectivity index (χ2v) is 4.12. The van der Waals surface area contributed by atoms with E-state index in [2.05, 4.69) is 24.6 Å². The topological polar surface area (TPSA) is 27.0 Å². The second-order valence-electron chi connectivity index (χ2n) is 4.12. The molecule has 1 saturated carbocycles. The van der Waals surface area contributed by atoms with Crippen LogP contribution in [0, 0.1) is 11.3 Å². The Kier molecular flexibility index (Phi) is 4.69. The lowest BCUT2D eigenvalue weighted by Gasteiger charge is -2.34. The van der Waals surface area contributed by atoms with E-state index in [0.717, 1.165) is 0 Å². The zero-order valence-electron chi connectivity index (χ0n) is 9.08. The van der Waals surface area contributed by atoms with Crippen molar-refractivity contribution in [1.29, 1.82) is 5.26 Å². The summed E-state index contributed by atoms with van der Waals surface area (Å²) >= 11 is 0. The minimum atomic E-state index is 0.239. The van der Waals surface area contributed by atoms with E-state index in [1.165, 1.54) is 32.1 Å². The molecule has 14 heavy (non-hydrogen) atoms. The van der Waals surface area contributed by atoms with Gasteiger partial charge >= 0.3 is 0 Å². The molecule has 2 heteroatoms. The van der Waals surface area contributed by atoms with Crippen molar-refractivity contribution in [2.75, 3.05) is 7.05 Å². The molecule has 0 radical (unpaired) electrons. The second kappa shape index (κ2) is 5.82. The van der Waals surface area contributed by atoms with Crippen LogP contribution in [0.1, 0.15) is 38.5 Å². The molecule has 1 rings (SSSR count). The highest BCUT2D eigenvalue weighted by molar-refractivity contribution is 4.95. The van der Waals surface area contributed by atoms with E-state index in [-0.39, 0.29) is 6.04 Å². The third-order valence-electron chi connectivity index (χ3n) is 3.25. The first-order valence-electron chi connectivity index (χ1n) is 5.51. The summed E-state index contributed by atoms with van der Waals surface area (Å²) in [6, 6.07) is 3.13. The van der Waals surface area contributed by atoms with Crippen LogP contribution in [-0.2, 0) is 0 Å². The number of hydrogen-bond acceptors (Lipinski definition) is 2. The van der Waals surface area contributed by atoms with Crippen molar-refractivity contribution in [3.8, 4) is 6.07 Å². The minimum Gasteiger partial charge on any atom is -0.296 e. The monoisotopic (exact) mass is 192 g/mol. The van der Waals surface area contributed by atoms with Gasteiger partial charge in [0.2, 0.25) is 0 Å². The molecule has 0 saturated heterocycles. The molecule has 1 fully saturated rings. The van der Waals surface area contributed by atoms with Crippen molar-refractivity contribution < 1.29 is 0 Å². The Morgan fingerprint density at radius 3 is 2.64 bits per heavy atom. The number of rotatable bonds is 4. The Hall–Kier alpha value is -0.810. The van der Waals surface area contributed by atoms with Gasteiger partial charge in [-0.05, 0) is 19.9 Å². The molecule has 78 valence electrons. The number of nitrogens with zero attached hydrogens (tertiary/aromatic N) is 2.